The van der Waals surface area contributed by atoms with Gasteiger partial charge in [0.2, 0.25) is 0 Å². The first-order chi connectivity index (χ1) is 9.63. The zero-order valence-corrected chi connectivity index (χ0v) is 12.0. The number of hydrogen-bond acceptors (Lipinski definition) is 3. The van der Waals surface area contributed by atoms with Crippen molar-refractivity contribution in [2.24, 2.45) is 0 Å². The predicted octanol–water partition coefficient (Wildman–Crippen LogP) is 3.39. The largest absolute Gasteiger partial charge is 0.461 e. The van der Waals surface area contributed by atoms with E-state index in [-0.39, 0.29) is 5.97 Å². The maximum Gasteiger partial charge on any atom is 0.357 e. The normalized spacial score (nSPS) is 11.4. The number of aromatic nitrogens is 2. The Hall–Kier alpha value is -2.36. The van der Waals surface area contributed by atoms with Gasteiger partial charge in [-0.3, -0.25) is 4.57 Å². The Balaban J connectivity index is 2.38. The number of ether oxygens (including phenoxy) is 1. The Morgan fingerprint density at radius 2 is 2.05 bits per heavy atom. The Morgan fingerprint density at radius 1 is 1.35 bits per heavy atom. The van der Waals surface area contributed by atoms with Crippen molar-refractivity contribution in [1.82, 2.24) is 9.55 Å². The molecule has 4 nitrogen and oxygen atoms in total. The van der Waals surface area contributed by atoms with Crippen LogP contribution in [0.5, 0.6) is 0 Å². The second-order valence-corrected chi connectivity index (χ2v) is 4.47. The van der Waals surface area contributed by atoms with Crippen LogP contribution in [0.15, 0.2) is 36.7 Å². The fourth-order valence-corrected chi connectivity index (χ4v) is 2.01. The van der Waals surface area contributed by atoms with Crippen LogP contribution in [0.4, 0.5) is 0 Å². The third-order valence-electron chi connectivity index (χ3n) is 2.97. The molecule has 2 aromatic rings. The summed E-state index contributed by atoms with van der Waals surface area (Å²) in [5.74, 6) is -0.344. The first kappa shape index (κ1) is 14.1. The summed E-state index contributed by atoms with van der Waals surface area (Å²) < 4.78 is 6.85. The third-order valence-corrected chi connectivity index (χ3v) is 2.97. The van der Waals surface area contributed by atoms with Crippen molar-refractivity contribution in [2.45, 2.75) is 20.8 Å². The number of aryl methyl sites for hydroxylation is 1. The number of carbonyl (C=O) groups is 1. The molecule has 104 valence electrons. The van der Waals surface area contributed by atoms with E-state index >= 15 is 0 Å². The molecular weight excluding hydrogens is 252 g/mol. The smallest absolute Gasteiger partial charge is 0.357 e. The zero-order valence-electron chi connectivity index (χ0n) is 12.0. The number of esters is 1. The van der Waals surface area contributed by atoms with Crippen LogP contribution in [0.1, 0.15) is 35.6 Å². The summed E-state index contributed by atoms with van der Waals surface area (Å²) in [7, 11) is 0. The molecule has 0 spiro atoms. The van der Waals surface area contributed by atoms with Gasteiger partial charge in [0.05, 0.1) is 18.6 Å². The summed E-state index contributed by atoms with van der Waals surface area (Å²) in [6.45, 7) is 5.89. The lowest BCUT2D eigenvalue weighted by molar-refractivity contribution is 0.0516. The summed E-state index contributed by atoms with van der Waals surface area (Å²) in [5.41, 5.74) is 3.15. The van der Waals surface area contributed by atoms with Gasteiger partial charge in [-0.2, -0.15) is 0 Å². The number of nitrogens with zero attached hydrogens (tertiary/aromatic N) is 2. The molecule has 0 aliphatic rings. The van der Waals surface area contributed by atoms with Crippen LogP contribution >= 0.6 is 0 Å². The number of imidazole rings is 1. The highest BCUT2D eigenvalue weighted by Gasteiger charge is 2.17. The van der Waals surface area contributed by atoms with E-state index in [4.69, 9.17) is 4.74 Å². The van der Waals surface area contributed by atoms with Crippen molar-refractivity contribution in [3.8, 4) is 0 Å². The molecule has 0 aliphatic heterocycles. The highest BCUT2D eigenvalue weighted by Crippen LogP contribution is 2.17. The van der Waals surface area contributed by atoms with Gasteiger partial charge >= 0.3 is 5.97 Å². The van der Waals surface area contributed by atoms with Crippen LogP contribution in [0.3, 0.4) is 0 Å². The molecule has 0 unspecified atom stereocenters. The summed E-state index contributed by atoms with van der Waals surface area (Å²) in [4.78, 5) is 16.2. The Bertz CT molecular complexity index is 627. The van der Waals surface area contributed by atoms with E-state index in [1.165, 1.54) is 0 Å². The average molecular weight is 270 g/mol. The van der Waals surface area contributed by atoms with Gasteiger partial charge in [-0.25, -0.2) is 9.78 Å². The van der Waals surface area contributed by atoms with E-state index in [9.17, 15) is 4.79 Å². The molecule has 0 saturated heterocycles. The van der Waals surface area contributed by atoms with E-state index in [0.29, 0.717) is 18.0 Å². The number of rotatable bonds is 4. The second-order valence-electron chi connectivity index (χ2n) is 4.47. The van der Waals surface area contributed by atoms with Crippen molar-refractivity contribution in [3.05, 3.63) is 53.6 Å². The van der Waals surface area contributed by atoms with Crippen molar-refractivity contribution < 1.29 is 9.53 Å². The highest BCUT2D eigenvalue weighted by atomic mass is 16.5. The zero-order chi connectivity index (χ0) is 14.5. The van der Waals surface area contributed by atoms with E-state index in [2.05, 4.69) is 4.98 Å². The van der Waals surface area contributed by atoms with Gasteiger partial charge < -0.3 is 4.74 Å². The van der Waals surface area contributed by atoms with E-state index in [0.717, 1.165) is 11.3 Å². The maximum atomic E-state index is 12.0. The van der Waals surface area contributed by atoms with Crippen molar-refractivity contribution in [1.29, 1.82) is 0 Å². The Labute approximate surface area is 118 Å². The lowest BCUT2D eigenvalue weighted by Gasteiger charge is -2.09. The molecular formula is C16H18N2O2. The predicted molar refractivity (Wildman–Crippen MR) is 79.2 cm³/mol. The van der Waals surface area contributed by atoms with Gasteiger partial charge in [0.1, 0.15) is 0 Å². The summed E-state index contributed by atoms with van der Waals surface area (Å²) in [5, 5.41) is 0. The van der Waals surface area contributed by atoms with Gasteiger partial charge in [-0.1, -0.05) is 30.3 Å². The van der Waals surface area contributed by atoms with E-state index in [1.807, 2.05) is 43.3 Å². The maximum absolute atomic E-state index is 12.0. The van der Waals surface area contributed by atoms with Crippen molar-refractivity contribution in [3.63, 3.8) is 0 Å². The molecule has 0 radical (unpaired) electrons. The number of carbonyl (C=O) groups excluding carboxylic acids is 1. The van der Waals surface area contributed by atoms with Crippen LogP contribution in [-0.4, -0.2) is 22.1 Å². The monoisotopic (exact) mass is 270 g/mol. The van der Waals surface area contributed by atoms with Crippen molar-refractivity contribution >= 4 is 17.7 Å². The Morgan fingerprint density at radius 3 is 2.70 bits per heavy atom. The Kier molecular flexibility index (Phi) is 4.35. The second kappa shape index (κ2) is 6.19. The number of hydrogen-bond donors (Lipinski definition) is 0. The summed E-state index contributed by atoms with van der Waals surface area (Å²) in [6, 6.07) is 9.95. The number of allylic oxidation sites excluding steroid dienone is 1. The average Bonchev–Trinajstić information content (AvgIpc) is 2.82. The molecule has 0 aliphatic carbocycles. The molecule has 2 rings (SSSR count). The minimum Gasteiger partial charge on any atom is -0.461 e. The molecule has 0 N–H and O–H groups in total. The topological polar surface area (TPSA) is 44.1 Å². The van der Waals surface area contributed by atoms with Gasteiger partial charge in [-0.15, -0.1) is 0 Å². The minimum absolute atomic E-state index is 0.344. The molecule has 1 heterocycles. The van der Waals surface area contributed by atoms with Crippen LogP contribution in [0.25, 0.3) is 11.8 Å². The lowest BCUT2D eigenvalue weighted by atomic mass is 10.2. The molecule has 0 amide bonds. The quantitative estimate of drug-likeness (QED) is 0.800. The summed E-state index contributed by atoms with van der Waals surface area (Å²) >= 11 is 0. The molecule has 0 saturated carbocycles. The lowest BCUT2D eigenvalue weighted by Crippen LogP contribution is -2.12. The molecule has 0 atom stereocenters. The van der Waals surface area contributed by atoms with E-state index in [1.54, 1.807) is 24.7 Å². The molecule has 0 bridgehead atoms. The molecule has 4 heteroatoms. The first-order valence-electron chi connectivity index (χ1n) is 6.58. The molecule has 1 aromatic carbocycles. The van der Waals surface area contributed by atoms with Gasteiger partial charge in [0.25, 0.3) is 0 Å². The van der Waals surface area contributed by atoms with Crippen LogP contribution in [0, 0.1) is 6.92 Å². The molecule has 0 fully saturated rings. The summed E-state index contributed by atoms with van der Waals surface area (Å²) in [6.07, 6.45) is 3.65. The fraction of sp³-hybridized carbons (Fsp3) is 0.250. The first-order valence-corrected chi connectivity index (χ1v) is 6.58. The SMILES string of the molecule is CCOC(=O)c1c(C)ncn1C(C)=Cc1ccccc1. The number of benzene rings is 1. The van der Waals surface area contributed by atoms with Gasteiger partial charge in [0.15, 0.2) is 5.69 Å². The van der Waals surface area contributed by atoms with E-state index < -0.39 is 0 Å². The minimum atomic E-state index is -0.344. The highest BCUT2D eigenvalue weighted by molar-refractivity contribution is 5.91. The fourth-order valence-electron chi connectivity index (χ4n) is 2.01. The molecule has 20 heavy (non-hydrogen) atoms. The van der Waals surface area contributed by atoms with Gasteiger partial charge in [-0.05, 0) is 32.4 Å². The van der Waals surface area contributed by atoms with Crippen LogP contribution < -0.4 is 0 Å². The standard InChI is InChI=1S/C16H18N2O2/c1-4-20-16(19)15-13(3)17-11-18(15)12(2)10-14-8-6-5-7-9-14/h5-11H,4H2,1-3H3. The van der Waals surface area contributed by atoms with Crippen LogP contribution in [0.2, 0.25) is 0 Å². The van der Waals surface area contributed by atoms with Gasteiger partial charge in [0, 0.05) is 5.70 Å². The molecule has 1 aromatic heterocycles. The third kappa shape index (κ3) is 2.96. The van der Waals surface area contributed by atoms with Crippen molar-refractivity contribution in [2.75, 3.05) is 6.61 Å². The van der Waals surface area contributed by atoms with Crippen LogP contribution in [-0.2, 0) is 4.74 Å².